The molecular formula is C14H18N4OS. The van der Waals surface area contributed by atoms with Crippen molar-refractivity contribution >= 4 is 11.3 Å². The van der Waals surface area contributed by atoms with Gasteiger partial charge in [0.25, 0.3) is 0 Å². The molecule has 0 saturated carbocycles. The minimum Gasteiger partial charge on any atom is -0.365 e. The average molecular weight is 290 g/mol. The van der Waals surface area contributed by atoms with Crippen molar-refractivity contribution in [2.45, 2.75) is 32.1 Å². The maximum atomic E-state index is 6.15. The van der Waals surface area contributed by atoms with E-state index in [0.29, 0.717) is 12.0 Å². The highest BCUT2D eigenvalue weighted by Gasteiger charge is 2.43. The van der Waals surface area contributed by atoms with Gasteiger partial charge in [-0.15, -0.1) is 11.3 Å². The molecule has 4 rings (SSSR count). The number of hydrogen-bond donors (Lipinski definition) is 1. The van der Waals surface area contributed by atoms with Crippen LogP contribution in [0.5, 0.6) is 0 Å². The first-order valence-corrected chi connectivity index (χ1v) is 7.95. The normalized spacial score (nSPS) is 29.9. The molecule has 2 aliphatic rings. The van der Waals surface area contributed by atoms with E-state index in [1.807, 2.05) is 18.3 Å². The van der Waals surface area contributed by atoms with Crippen molar-refractivity contribution in [1.82, 2.24) is 20.1 Å². The van der Waals surface area contributed by atoms with Gasteiger partial charge in [0.2, 0.25) is 0 Å². The van der Waals surface area contributed by atoms with Gasteiger partial charge in [0.15, 0.2) is 5.82 Å². The van der Waals surface area contributed by atoms with Gasteiger partial charge in [-0.1, -0.05) is 6.07 Å². The molecule has 106 valence electrons. The fourth-order valence-electron chi connectivity index (χ4n) is 3.27. The molecule has 2 aromatic heterocycles. The summed E-state index contributed by atoms with van der Waals surface area (Å²) < 4.78 is 6.15. The fraction of sp³-hybridized carbons (Fsp3) is 0.571. The summed E-state index contributed by atoms with van der Waals surface area (Å²) in [4.78, 5) is 8.33. The van der Waals surface area contributed by atoms with Crippen molar-refractivity contribution in [3.8, 4) is 0 Å². The summed E-state index contributed by atoms with van der Waals surface area (Å²) in [5.41, 5.74) is 0. The first-order chi connectivity index (χ1) is 9.78. The minimum atomic E-state index is 0.0823. The third kappa shape index (κ3) is 2.28. The first kappa shape index (κ1) is 12.5. The molecule has 2 aliphatic heterocycles. The summed E-state index contributed by atoms with van der Waals surface area (Å²) in [6.45, 7) is 5.14. The molecule has 3 atom stereocenters. The molecule has 1 N–H and O–H groups in total. The van der Waals surface area contributed by atoms with Gasteiger partial charge < -0.3 is 4.74 Å². The van der Waals surface area contributed by atoms with Crippen molar-refractivity contribution in [1.29, 1.82) is 0 Å². The van der Waals surface area contributed by atoms with Gasteiger partial charge in [-0.3, -0.25) is 10.00 Å². The Morgan fingerprint density at radius 3 is 3.15 bits per heavy atom. The molecule has 0 aromatic carbocycles. The lowest BCUT2D eigenvalue weighted by Crippen LogP contribution is -2.23. The van der Waals surface area contributed by atoms with E-state index >= 15 is 0 Å². The second-order valence-corrected chi connectivity index (χ2v) is 6.74. The molecule has 2 aromatic rings. The molecule has 0 spiro atoms. The molecule has 0 bridgehead atoms. The third-order valence-corrected chi connectivity index (χ3v) is 5.04. The number of aromatic amines is 1. The van der Waals surface area contributed by atoms with Gasteiger partial charge in [0, 0.05) is 30.4 Å². The lowest BCUT2D eigenvalue weighted by molar-refractivity contribution is 0.0327. The molecular weight excluding hydrogens is 272 g/mol. The van der Waals surface area contributed by atoms with Crippen LogP contribution in [0.15, 0.2) is 17.5 Å². The number of hydrogen-bond acceptors (Lipinski definition) is 5. The molecule has 0 radical (unpaired) electrons. The van der Waals surface area contributed by atoms with E-state index in [4.69, 9.17) is 4.74 Å². The largest absolute Gasteiger partial charge is 0.365 e. The van der Waals surface area contributed by atoms with Crippen molar-refractivity contribution in [3.63, 3.8) is 0 Å². The SMILES string of the molecule is Cc1nc([C@@H]2C[C@@H]3CN(Cc4cccs4)C[C@@H]3O2)n[nH]1. The zero-order valence-corrected chi connectivity index (χ0v) is 12.3. The van der Waals surface area contributed by atoms with Gasteiger partial charge in [0.05, 0.1) is 6.10 Å². The molecule has 4 heterocycles. The monoisotopic (exact) mass is 290 g/mol. The van der Waals surface area contributed by atoms with Crippen LogP contribution < -0.4 is 0 Å². The molecule has 0 amide bonds. The number of nitrogens with one attached hydrogen (secondary N) is 1. The Labute approximate surface area is 122 Å². The van der Waals surface area contributed by atoms with Gasteiger partial charge >= 0.3 is 0 Å². The summed E-state index contributed by atoms with van der Waals surface area (Å²) in [6, 6.07) is 4.33. The molecule has 2 saturated heterocycles. The summed E-state index contributed by atoms with van der Waals surface area (Å²) in [6.07, 6.45) is 1.47. The highest BCUT2D eigenvalue weighted by molar-refractivity contribution is 7.09. The molecule has 5 nitrogen and oxygen atoms in total. The van der Waals surface area contributed by atoms with Crippen LogP contribution in [0.2, 0.25) is 0 Å². The number of aromatic nitrogens is 3. The second-order valence-electron chi connectivity index (χ2n) is 5.71. The van der Waals surface area contributed by atoms with Crippen molar-refractivity contribution in [3.05, 3.63) is 34.0 Å². The van der Waals surface area contributed by atoms with E-state index in [0.717, 1.165) is 37.7 Å². The second kappa shape index (κ2) is 4.95. The predicted molar refractivity (Wildman–Crippen MR) is 76.4 cm³/mol. The summed E-state index contributed by atoms with van der Waals surface area (Å²) >= 11 is 1.83. The van der Waals surface area contributed by atoms with Gasteiger partial charge in [0.1, 0.15) is 11.9 Å². The Hall–Kier alpha value is -1.24. The van der Waals surface area contributed by atoms with Gasteiger partial charge in [-0.25, -0.2) is 4.98 Å². The summed E-state index contributed by atoms with van der Waals surface area (Å²) in [5, 5.41) is 9.27. The van der Waals surface area contributed by atoms with E-state index in [9.17, 15) is 0 Å². The van der Waals surface area contributed by atoms with E-state index in [1.54, 1.807) is 0 Å². The first-order valence-electron chi connectivity index (χ1n) is 7.07. The fourth-order valence-corrected chi connectivity index (χ4v) is 4.02. The maximum Gasteiger partial charge on any atom is 0.179 e. The molecule has 0 aliphatic carbocycles. The van der Waals surface area contributed by atoms with E-state index in [-0.39, 0.29) is 6.10 Å². The average Bonchev–Trinajstić information content (AvgIpc) is 3.12. The summed E-state index contributed by atoms with van der Waals surface area (Å²) in [5.74, 6) is 2.31. The van der Waals surface area contributed by atoms with Crippen molar-refractivity contribution in [2.75, 3.05) is 13.1 Å². The number of aryl methyl sites for hydroxylation is 1. The van der Waals surface area contributed by atoms with Gasteiger partial charge in [-0.05, 0) is 24.8 Å². The number of H-pyrrole nitrogens is 1. The highest BCUT2D eigenvalue weighted by Crippen LogP contribution is 2.40. The van der Waals surface area contributed by atoms with Crippen LogP contribution in [-0.2, 0) is 11.3 Å². The minimum absolute atomic E-state index is 0.0823. The van der Waals surface area contributed by atoms with Crippen LogP contribution in [0.4, 0.5) is 0 Å². The standard InChI is InChI=1S/C14H18N4OS/c1-9-15-14(17-16-9)12-5-10-6-18(8-13(10)19-12)7-11-3-2-4-20-11/h2-4,10,12-13H,5-8H2,1H3,(H,15,16,17)/t10-,12+,13+/m1/s1. The third-order valence-electron chi connectivity index (χ3n) is 4.17. The zero-order chi connectivity index (χ0) is 13.5. The Balaban J connectivity index is 1.38. The number of ether oxygens (including phenoxy) is 1. The number of rotatable bonds is 3. The topological polar surface area (TPSA) is 54.0 Å². The number of fused-ring (bicyclic) bond motifs is 1. The quantitative estimate of drug-likeness (QED) is 0.941. The molecule has 6 heteroatoms. The Morgan fingerprint density at radius 1 is 1.50 bits per heavy atom. The highest BCUT2D eigenvalue weighted by atomic mass is 32.1. The van der Waals surface area contributed by atoms with Crippen LogP contribution in [0.3, 0.4) is 0 Å². The number of nitrogens with zero attached hydrogens (tertiary/aromatic N) is 3. The summed E-state index contributed by atoms with van der Waals surface area (Å²) in [7, 11) is 0. The van der Waals surface area contributed by atoms with Crippen molar-refractivity contribution in [2.24, 2.45) is 5.92 Å². The van der Waals surface area contributed by atoms with E-state index in [2.05, 4.69) is 37.6 Å². The molecule has 2 fully saturated rings. The predicted octanol–water partition coefficient (Wildman–Crippen LogP) is 2.14. The number of thiophene rings is 1. The zero-order valence-electron chi connectivity index (χ0n) is 11.5. The van der Waals surface area contributed by atoms with E-state index < -0.39 is 0 Å². The van der Waals surface area contributed by atoms with Gasteiger partial charge in [-0.2, -0.15) is 5.10 Å². The maximum absolute atomic E-state index is 6.15. The van der Waals surface area contributed by atoms with E-state index in [1.165, 1.54) is 4.88 Å². The smallest absolute Gasteiger partial charge is 0.179 e. The Bertz CT molecular complexity index is 568. The van der Waals surface area contributed by atoms with Crippen LogP contribution in [-0.4, -0.2) is 39.3 Å². The Morgan fingerprint density at radius 2 is 2.45 bits per heavy atom. The lowest BCUT2D eigenvalue weighted by atomic mass is 10.0. The van der Waals surface area contributed by atoms with Crippen LogP contribution in [0, 0.1) is 12.8 Å². The van der Waals surface area contributed by atoms with Crippen LogP contribution in [0.1, 0.15) is 29.1 Å². The lowest BCUT2D eigenvalue weighted by Gasteiger charge is -2.17. The molecule has 0 unspecified atom stereocenters. The number of likely N-dealkylation sites (tertiary alicyclic amines) is 1. The van der Waals surface area contributed by atoms with Crippen molar-refractivity contribution < 1.29 is 4.74 Å². The van der Waals surface area contributed by atoms with Crippen LogP contribution in [0.25, 0.3) is 0 Å². The Kier molecular flexibility index (Phi) is 3.09. The van der Waals surface area contributed by atoms with Crippen LogP contribution >= 0.6 is 11.3 Å². The molecule has 20 heavy (non-hydrogen) atoms.